The molecule has 2 amide bonds. The number of hydrogen-bond acceptors (Lipinski definition) is 14. The highest BCUT2D eigenvalue weighted by Crippen LogP contribution is 2.47. The van der Waals surface area contributed by atoms with Gasteiger partial charge in [0.1, 0.15) is 29.0 Å². The maximum Gasteiger partial charge on any atom is 0.327 e. The van der Waals surface area contributed by atoms with Gasteiger partial charge in [0.25, 0.3) is 5.91 Å². The molecule has 3 fully saturated rings. The molecular formula is C24H33N5O8S3. The zero-order valence-electron chi connectivity index (χ0n) is 22.7. The summed E-state index contributed by atoms with van der Waals surface area (Å²) < 4.78 is 15.0. The van der Waals surface area contributed by atoms with Gasteiger partial charge in [-0.25, -0.2) is 4.98 Å². The third-order valence-electron chi connectivity index (χ3n) is 6.43. The first kappa shape index (κ1) is 30.4. The number of fused-ring (bicyclic) bond motifs is 1. The maximum atomic E-state index is 13.5. The first-order valence-corrected chi connectivity index (χ1v) is 15.4. The summed E-state index contributed by atoms with van der Waals surface area (Å²) in [6.45, 7) is 5.90. The number of β-lactam (4-membered cyclic amide) rings is 1. The van der Waals surface area contributed by atoms with Gasteiger partial charge < -0.3 is 35.0 Å². The Morgan fingerprint density at radius 2 is 2.02 bits per heavy atom. The van der Waals surface area contributed by atoms with Gasteiger partial charge in [-0.3, -0.25) is 19.2 Å². The number of thioether (sulfide) groups is 2. The molecule has 3 aliphatic rings. The van der Waals surface area contributed by atoms with E-state index in [-0.39, 0.29) is 39.6 Å². The van der Waals surface area contributed by atoms with E-state index in [1.54, 1.807) is 31.1 Å². The molecule has 0 saturated carbocycles. The SMILES string of the molecule is CON=C(C(=O)NC1C(=O)N2CC(SC3CCOCC3)(C(=O)OCOC(=O)C(C)(C)C)CS[C@H]12)c1csc(N)n1. The molecule has 0 bridgehead atoms. The second kappa shape index (κ2) is 12.5. The lowest BCUT2D eigenvalue weighted by Gasteiger charge is -2.54. The van der Waals surface area contributed by atoms with Crippen molar-refractivity contribution in [2.24, 2.45) is 10.6 Å². The van der Waals surface area contributed by atoms with Crippen LogP contribution in [0.25, 0.3) is 0 Å². The summed E-state index contributed by atoms with van der Waals surface area (Å²) >= 11 is 4.01. The van der Waals surface area contributed by atoms with E-state index in [1.165, 1.54) is 30.6 Å². The maximum absolute atomic E-state index is 13.5. The van der Waals surface area contributed by atoms with Crippen molar-refractivity contribution < 1.29 is 38.2 Å². The standard InChI is InChI=1S/C24H33N5O8S3/c1-23(2,3)20(32)36-12-37-21(33)24(40-13-5-7-35-8-6-13)10-29-18(31)16(19(29)39-11-24)27-17(30)15(28-34-4)14-9-38-22(25)26-14/h9,13,16,19H,5-8,10-12H2,1-4H3,(H2,25,26)(H,27,30)/t16?,19-,24?/m1/s1. The molecule has 0 aliphatic carbocycles. The minimum Gasteiger partial charge on any atom is -0.427 e. The van der Waals surface area contributed by atoms with Gasteiger partial charge in [0.05, 0.1) is 5.41 Å². The van der Waals surface area contributed by atoms with Gasteiger partial charge in [-0.2, -0.15) is 0 Å². The van der Waals surface area contributed by atoms with E-state index in [4.69, 9.17) is 24.8 Å². The van der Waals surface area contributed by atoms with Crippen LogP contribution in [0, 0.1) is 5.41 Å². The largest absolute Gasteiger partial charge is 0.427 e. The molecule has 3 atom stereocenters. The summed E-state index contributed by atoms with van der Waals surface area (Å²) in [5.74, 6) is -1.66. The number of aromatic nitrogens is 1. The molecule has 3 aliphatic heterocycles. The van der Waals surface area contributed by atoms with E-state index in [9.17, 15) is 19.2 Å². The summed E-state index contributed by atoms with van der Waals surface area (Å²) in [5.41, 5.74) is 5.09. The van der Waals surface area contributed by atoms with Crippen LogP contribution in [0.4, 0.5) is 5.13 Å². The number of nitrogens with two attached hydrogens (primary N) is 1. The van der Waals surface area contributed by atoms with Crippen LogP contribution in [0.5, 0.6) is 0 Å². The Balaban J connectivity index is 1.43. The fourth-order valence-corrected chi connectivity index (χ4v) is 8.14. The first-order valence-electron chi connectivity index (χ1n) is 12.6. The third-order valence-corrected chi connectivity index (χ3v) is 10.5. The first-order chi connectivity index (χ1) is 18.9. The molecule has 4 rings (SSSR count). The predicted octanol–water partition coefficient (Wildman–Crippen LogP) is 1.22. The second-order valence-electron chi connectivity index (χ2n) is 10.5. The van der Waals surface area contributed by atoms with Gasteiger partial charge in [0.15, 0.2) is 10.8 Å². The van der Waals surface area contributed by atoms with Crippen LogP contribution in [0.3, 0.4) is 0 Å². The van der Waals surface area contributed by atoms with Crippen LogP contribution in [0.2, 0.25) is 0 Å². The molecule has 3 saturated heterocycles. The molecule has 220 valence electrons. The van der Waals surface area contributed by atoms with Crippen molar-refractivity contribution in [1.29, 1.82) is 0 Å². The second-order valence-corrected chi connectivity index (χ2v) is 14.1. The number of oxime groups is 1. The predicted molar refractivity (Wildman–Crippen MR) is 151 cm³/mol. The highest BCUT2D eigenvalue weighted by molar-refractivity contribution is 8.05. The Kier molecular flexibility index (Phi) is 9.52. The zero-order valence-corrected chi connectivity index (χ0v) is 25.1. The molecule has 16 heteroatoms. The van der Waals surface area contributed by atoms with Crippen molar-refractivity contribution in [3.63, 3.8) is 0 Å². The number of carbonyl (C=O) groups excluding carboxylic acids is 4. The number of esters is 2. The highest BCUT2D eigenvalue weighted by Gasteiger charge is 2.59. The monoisotopic (exact) mass is 615 g/mol. The van der Waals surface area contributed by atoms with Crippen LogP contribution in [-0.4, -0.2) is 100 Å². The summed E-state index contributed by atoms with van der Waals surface area (Å²) in [7, 11) is 1.30. The third kappa shape index (κ3) is 6.66. The molecule has 1 aromatic rings. The van der Waals surface area contributed by atoms with Crippen molar-refractivity contribution in [1.82, 2.24) is 15.2 Å². The fourth-order valence-electron chi connectivity index (χ4n) is 4.29. The topological polar surface area (TPSA) is 172 Å². The number of nitrogens with zero attached hydrogens (tertiary/aromatic N) is 3. The summed E-state index contributed by atoms with van der Waals surface area (Å²) in [4.78, 5) is 62.2. The van der Waals surface area contributed by atoms with Gasteiger partial charge in [0.2, 0.25) is 12.7 Å². The molecule has 3 N–H and O–H groups in total. The van der Waals surface area contributed by atoms with E-state index < -0.39 is 40.8 Å². The van der Waals surface area contributed by atoms with Crippen molar-refractivity contribution in [2.75, 3.05) is 45.1 Å². The lowest BCUT2D eigenvalue weighted by molar-refractivity contribution is -0.175. The van der Waals surface area contributed by atoms with Crippen LogP contribution in [-0.2, 0) is 38.2 Å². The van der Waals surface area contributed by atoms with Crippen LogP contribution in [0.15, 0.2) is 10.5 Å². The number of amides is 2. The number of anilines is 1. The summed E-state index contributed by atoms with van der Waals surface area (Å²) in [6.07, 6.45) is 1.53. The highest BCUT2D eigenvalue weighted by atomic mass is 32.2. The molecule has 1 aromatic heterocycles. The number of rotatable bonds is 9. The molecule has 0 aromatic carbocycles. The van der Waals surface area contributed by atoms with Gasteiger partial charge in [-0.05, 0) is 33.6 Å². The summed E-state index contributed by atoms with van der Waals surface area (Å²) in [6, 6.07) is -0.814. The average Bonchev–Trinajstić information content (AvgIpc) is 3.35. The fraction of sp³-hybridized carbons (Fsp3) is 0.667. The van der Waals surface area contributed by atoms with E-state index in [0.29, 0.717) is 19.0 Å². The molecule has 4 heterocycles. The van der Waals surface area contributed by atoms with Crippen molar-refractivity contribution in [3.05, 3.63) is 11.1 Å². The Morgan fingerprint density at radius 3 is 2.65 bits per heavy atom. The minimum absolute atomic E-state index is 0.0969. The van der Waals surface area contributed by atoms with Gasteiger partial charge in [0, 0.05) is 36.1 Å². The molecule has 13 nitrogen and oxygen atoms in total. The Labute approximate surface area is 244 Å². The normalized spacial score (nSPS) is 25.4. The van der Waals surface area contributed by atoms with E-state index in [0.717, 1.165) is 24.2 Å². The number of nitrogen functional groups attached to an aromatic ring is 1. The average molecular weight is 616 g/mol. The molecule has 2 unspecified atom stereocenters. The number of ether oxygens (including phenoxy) is 3. The zero-order chi connectivity index (χ0) is 29.1. The van der Waals surface area contributed by atoms with Crippen LogP contribution in [0.1, 0.15) is 39.3 Å². The van der Waals surface area contributed by atoms with E-state index in [1.807, 2.05) is 0 Å². The Hall–Kier alpha value is -2.56. The minimum atomic E-state index is -1.07. The smallest absolute Gasteiger partial charge is 0.327 e. The number of thiazole rings is 1. The lowest BCUT2D eigenvalue weighted by Crippen LogP contribution is -2.75. The lowest BCUT2D eigenvalue weighted by atomic mass is 9.98. The van der Waals surface area contributed by atoms with Crippen LogP contribution >= 0.6 is 34.9 Å². The van der Waals surface area contributed by atoms with Crippen molar-refractivity contribution in [3.8, 4) is 0 Å². The summed E-state index contributed by atoms with van der Waals surface area (Å²) in [5, 5.41) is 8.08. The van der Waals surface area contributed by atoms with Gasteiger partial charge in [-0.1, -0.05) is 5.16 Å². The van der Waals surface area contributed by atoms with E-state index >= 15 is 0 Å². The number of carbonyl (C=O) groups is 4. The van der Waals surface area contributed by atoms with Crippen molar-refractivity contribution in [2.45, 2.75) is 55.0 Å². The Morgan fingerprint density at radius 1 is 1.30 bits per heavy atom. The molecule has 0 spiro atoms. The van der Waals surface area contributed by atoms with Crippen LogP contribution < -0.4 is 11.1 Å². The number of hydrogen-bond donors (Lipinski definition) is 2. The Bertz CT molecular complexity index is 1170. The molecular weight excluding hydrogens is 582 g/mol. The molecule has 0 radical (unpaired) electrons. The number of nitrogens with one attached hydrogen (secondary N) is 1. The quantitative estimate of drug-likeness (QED) is 0.134. The van der Waals surface area contributed by atoms with Gasteiger partial charge >= 0.3 is 11.9 Å². The van der Waals surface area contributed by atoms with Crippen molar-refractivity contribution >= 4 is 69.5 Å². The van der Waals surface area contributed by atoms with Gasteiger partial charge in [-0.15, -0.1) is 34.9 Å². The van der Waals surface area contributed by atoms with E-state index in [2.05, 4.69) is 15.5 Å². The molecule has 40 heavy (non-hydrogen) atoms.